The van der Waals surface area contributed by atoms with Gasteiger partial charge in [-0.15, -0.1) is 12.8 Å². The number of nitrogens with zero attached hydrogens (tertiary/aromatic N) is 2. The second kappa shape index (κ2) is 19.1. The zero-order chi connectivity index (χ0) is 20.4. The third-order valence-corrected chi connectivity index (χ3v) is 3.12. The van der Waals surface area contributed by atoms with Crippen LogP contribution in [0.4, 0.5) is 8.78 Å². The molecule has 0 amide bonds. The molecule has 1 heterocycles. The quantitative estimate of drug-likeness (QED) is 0.242. The standard InChI is InChI=1S/C11H11BrClF2N3S.2C2H6.C2H2/c1-2-9-8(13)5-7(12)6-18(9)4-3-16-17-11(19)10(14)15;3*1-2/h2-3,5-6,10H,4H2,1H3,(H,17,19);2*1-2H3;1-2H/b9-2-,16-3+;;;. The zero-order valence-corrected chi connectivity index (χ0v) is 18.2. The maximum Gasteiger partial charge on any atom is 0.289 e. The lowest BCUT2D eigenvalue weighted by Gasteiger charge is -2.25. The van der Waals surface area contributed by atoms with E-state index in [9.17, 15) is 8.78 Å². The van der Waals surface area contributed by atoms with Crippen LogP contribution in [0.3, 0.4) is 0 Å². The number of terminal acetylenes is 1. The topological polar surface area (TPSA) is 27.6 Å². The summed E-state index contributed by atoms with van der Waals surface area (Å²) >= 11 is 13.8. The Morgan fingerprint density at radius 3 is 2.36 bits per heavy atom. The maximum absolute atomic E-state index is 12.1. The number of hydrogen-bond donors (Lipinski definition) is 1. The second-order valence-corrected chi connectivity index (χ2v) is 5.18. The highest BCUT2D eigenvalue weighted by Crippen LogP contribution is 2.28. The van der Waals surface area contributed by atoms with Gasteiger partial charge < -0.3 is 4.90 Å². The summed E-state index contributed by atoms with van der Waals surface area (Å²) in [5, 5.41) is 4.22. The van der Waals surface area contributed by atoms with Crippen LogP contribution in [-0.4, -0.2) is 29.1 Å². The van der Waals surface area contributed by atoms with Crippen LogP contribution in [-0.2, 0) is 0 Å². The van der Waals surface area contributed by atoms with Gasteiger partial charge in [0.25, 0.3) is 6.43 Å². The average molecular weight is 457 g/mol. The van der Waals surface area contributed by atoms with E-state index < -0.39 is 11.4 Å². The Morgan fingerprint density at radius 2 is 1.92 bits per heavy atom. The molecule has 0 aromatic carbocycles. The van der Waals surface area contributed by atoms with E-state index in [0.29, 0.717) is 11.6 Å². The maximum atomic E-state index is 12.1. The lowest BCUT2D eigenvalue weighted by atomic mass is 10.2. The second-order valence-electron chi connectivity index (χ2n) is 3.42. The van der Waals surface area contributed by atoms with Crippen LogP contribution in [0.25, 0.3) is 0 Å². The Hall–Kier alpha value is -1.23. The molecule has 0 aliphatic carbocycles. The van der Waals surface area contributed by atoms with Crippen LogP contribution in [0.5, 0.6) is 0 Å². The van der Waals surface area contributed by atoms with E-state index in [2.05, 4.69) is 51.5 Å². The first-order valence-electron chi connectivity index (χ1n) is 7.56. The number of alkyl halides is 2. The summed E-state index contributed by atoms with van der Waals surface area (Å²) in [6.45, 7) is 10.2. The molecule has 0 atom stereocenters. The molecule has 0 aromatic heterocycles. The van der Waals surface area contributed by atoms with Crippen molar-refractivity contribution in [1.29, 1.82) is 0 Å². The molecule has 0 saturated carbocycles. The van der Waals surface area contributed by atoms with Crippen molar-refractivity contribution in [2.45, 2.75) is 41.0 Å². The van der Waals surface area contributed by atoms with Gasteiger partial charge in [-0.05, 0) is 28.9 Å². The van der Waals surface area contributed by atoms with Gasteiger partial charge in [-0.2, -0.15) is 5.10 Å². The van der Waals surface area contributed by atoms with Gasteiger partial charge in [0.1, 0.15) is 0 Å². The Labute approximate surface area is 169 Å². The number of halogens is 4. The lowest BCUT2D eigenvalue weighted by molar-refractivity contribution is 0.224. The fraction of sp³-hybridized carbons (Fsp3) is 0.412. The van der Waals surface area contributed by atoms with E-state index in [0.717, 1.165) is 10.2 Å². The molecule has 0 saturated heterocycles. The van der Waals surface area contributed by atoms with E-state index in [1.807, 2.05) is 51.8 Å². The minimum Gasteiger partial charge on any atom is -0.340 e. The van der Waals surface area contributed by atoms with Gasteiger partial charge in [-0.1, -0.05) is 57.6 Å². The number of hydrazone groups is 1. The van der Waals surface area contributed by atoms with Crippen LogP contribution in [0.15, 0.2) is 38.7 Å². The Bertz CT molecular complexity index is 515. The molecule has 0 aromatic rings. The highest BCUT2D eigenvalue weighted by Gasteiger charge is 2.14. The van der Waals surface area contributed by atoms with Gasteiger partial charge in [-0.3, -0.25) is 5.43 Å². The average Bonchev–Trinajstić information content (AvgIpc) is 2.63. The van der Waals surface area contributed by atoms with Crippen molar-refractivity contribution in [2.75, 3.05) is 6.54 Å². The predicted molar refractivity (Wildman–Crippen MR) is 114 cm³/mol. The molecule has 1 rings (SSSR count). The molecule has 0 radical (unpaired) electrons. The third-order valence-electron chi connectivity index (χ3n) is 2.11. The van der Waals surface area contributed by atoms with E-state index in [4.69, 9.17) is 11.6 Å². The summed E-state index contributed by atoms with van der Waals surface area (Å²) in [6.07, 6.45) is 12.2. The van der Waals surface area contributed by atoms with E-state index in [1.54, 1.807) is 6.08 Å². The number of allylic oxidation sites excluding steroid dienone is 4. The van der Waals surface area contributed by atoms with Crippen molar-refractivity contribution in [1.82, 2.24) is 10.3 Å². The van der Waals surface area contributed by atoms with Crippen molar-refractivity contribution >= 4 is 51.0 Å². The first kappa shape index (κ1) is 28.6. The van der Waals surface area contributed by atoms with Crippen molar-refractivity contribution in [2.24, 2.45) is 5.10 Å². The monoisotopic (exact) mass is 455 g/mol. The summed E-state index contributed by atoms with van der Waals surface area (Å²) in [6, 6.07) is 0. The Balaban J connectivity index is -0.000000725. The molecule has 25 heavy (non-hydrogen) atoms. The van der Waals surface area contributed by atoms with Crippen molar-refractivity contribution in [3.05, 3.63) is 33.6 Å². The van der Waals surface area contributed by atoms with Crippen LogP contribution < -0.4 is 5.43 Å². The van der Waals surface area contributed by atoms with E-state index in [1.165, 1.54) is 6.21 Å². The van der Waals surface area contributed by atoms with Gasteiger partial charge in [0.15, 0.2) is 4.99 Å². The molecule has 1 aliphatic rings. The van der Waals surface area contributed by atoms with Crippen molar-refractivity contribution in [3.63, 3.8) is 0 Å². The molecule has 8 heteroatoms. The molecule has 1 N–H and O–H groups in total. The third kappa shape index (κ3) is 12.7. The number of hydrogen-bond acceptors (Lipinski definition) is 3. The Kier molecular flexibility index (Phi) is 21.8. The molecule has 3 nitrogen and oxygen atoms in total. The van der Waals surface area contributed by atoms with Crippen LogP contribution in [0.1, 0.15) is 34.6 Å². The summed E-state index contributed by atoms with van der Waals surface area (Å²) in [5.41, 5.74) is 2.91. The highest BCUT2D eigenvalue weighted by atomic mass is 79.9. The minimum atomic E-state index is -2.71. The molecule has 0 spiro atoms. The fourth-order valence-corrected chi connectivity index (χ4v) is 2.33. The molecule has 0 fully saturated rings. The highest BCUT2D eigenvalue weighted by molar-refractivity contribution is 9.11. The molecule has 1 aliphatic heterocycles. The van der Waals surface area contributed by atoms with Crippen LogP contribution >= 0.6 is 39.7 Å². The van der Waals surface area contributed by atoms with Crippen molar-refractivity contribution in [3.8, 4) is 12.8 Å². The number of nitrogens with one attached hydrogen (secondary N) is 1. The molecular weight excluding hydrogens is 432 g/mol. The molecular formula is C17H25BrClF2N3S. The smallest absolute Gasteiger partial charge is 0.289 e. The SMILES string of the molecule is C#C.C/C=C1/C(Cl)=CC(Br)=CN1C/C=N/NC(=S)C(F)F.CC.CC. The van der Waals surface area contributed by atoms with Gasteiger partial charge in [0.05, 0.1) is 17.3 Å². The predicted octanol–water partition coefficient (Wildman–Crippen LogP) is 6.03. The summed E-state index contributed by atoms with van der Waals surface area (Å²) < 4.78 is 25.0. The fourth-order valence-electron chi connectivity index (χ4n) is 1.33. The van der Waals surface area contributed by atoms with Gasteiger partial charge in [0.2, 0.25) is 0 Å². The van der Waals surface area contributed by atoms with E-state index in [-0.39, 0.29) is 0 Å². The minimum absolute atomic E-state index is 0.373. The lowest BCUT2D eigenvalue weighted by Crippen LogP contribution is -2.25. The first-order chi connectivity index (χ1) is 12.0. The largest absolute Gasteiger partial charge is 0.340 e. The normalized spacial score (nSPS) is 14.2. The summed E-state index contributed by atoms with van der Waals surface area (Å²) in [5.74, 6) is 0. The van der Waals surface area contributed by atoms with Crippen LogP contribution in [0, 0.1) is 12.8 Å². The zero-order valence-electron chi connectivity index (χ0n) is 15.1. The van der Waals surface area contributed by atoms with E-state index >= 15 is 0 Å². The summed E-state index contributed by atoms with van der Waals surface area (Å²) in [4.78, 5) is 1.22. The molecule has 0 bridgehead atoms. The van der Waals surface area contributed by atoms with Crippen LogP contribution in [0.2, 0.25) is 0 Å². The molecule has 0 unspecified atom stereocenters. The van der Waals surface area contributed by atoms with Gasteiger partial charge in [0, 0.05) is 16.9 Å². The Morgan fingerprint density at radius 1 is 1.40 bits per heavy atom. The number of rotatable bonds is 4. The molecule has 142 valence electrons. The van der Waals surface area contributed by atoms with Gasteiger partial charge >= 0.3 is 0 Å². The first-order valence-corrected chi connectivity index (χ1v) is 9.14. The van der Waals surface area contributed by atoms with Crippen molar-refractivity contribution < 1.29 is 8.78 Å². The summed E-state index contributed by atoms with van der Waals surface area (Å²) in [7, 11) is 0. The van der Waals surface area contributed by atoms with Gasteiger partial charge in [-0.25, -0.2) is 8.78 Å². The number of thiocarbonyl (C=S) groups is 1.